The van der Waals surface area contributed by atoms with Crippen molar-refractivity contribution in [1.29, 1.82) is 0 Å². The van der Waals surface area contributed by atoms with E-state index in [1.165, 1.54) is 19.3 Å². The van der Waals surface area contributed by atoms with Crippen LogP contribution in [-0.2, 0) is 0 Å². The molecule has 5 heteroatoms. The fourth-order valence-electron chi connectivity index (χ4n) is 2.58. The molecule has 1 aliphatic rings. The van der Waals surface area contributed by atoms with Crippen LogP contribution in [0.2, 0.25) is 0 Å². The molecule has 0 spiro atoms. The molecule has 0 radical (unpaired) electrons. The topological polar surface area (TPSA) is 58.4 Å². The Bertz CT molecular complexity index is 539. The third-order valence-corrected chi connectivity index (χ3v) is 3.55. The molecule has 1 aliphatic carbocycles. The van der Waals surface area contributed by atoms with E-state index in [4.69, 9.17) is 0 Å². The Hall–Kier alpha value is -2.04. The van der Waals surface area contributed by atoms with E-state index >= 15 is 0 Å². The van der Waals surface area contributed by atoms with Gasteiger partial charge in [0.1, 0.15) is 5.65 Å². The van der Waals surface area contributed by atoms with E-state index in [0.29, 0.717) is 11.9 Å². The van der Waals surface area contributed by atoms with Gasteiger partial charge in [-0.05, 0) is 25.0 Å². The van der Waals surface area contributed by atoms with Gasteiger partial charge in [-0.25, -0.2) is 9.78 Å². The summed E-state index contributed by atoms with van der Waals surface area (Å²) in [5.74, 6) is 0.583. The summed E-state index contributed by atoms with van der Waals surface area (Å²) in [6, 6.07) is 5.92. The second-order valence-corrected chi connectivity index (χ2v) is 5.03. The van der Waals surface area contributed by atoms with E-state index in [1.807, 2.05) is 35.0 Å². The van der Waals surface area contributed by atoms with Gasteiger partial charge in [-0.1, -0.05) is 25.3 Å². The second kappa shape index (κ2) is 5.30. The molecule has 0 saturated heterocycles. The van der Waals surface area contributed by atoms with Gasteiger partial charge < -0.3 is 9.72 Å². The van der Waals surface area contributed by atoms with Crippen molar-refractivity contribution < 1.29 is 4.79 Å². The first-order chi connectivity index (χ1) is 9.31. The van der Waals surface area contributed by atoms with Crippen molar-refractivity contribution >= 4 is 17.5 Å². The molecule has 1 fully saturated rings. The highest BCUT2D eigenvalue weighted by Gasteiger charge is 2.16. The average molecular weight is 258 g/mol. The Balaban J connectivity index is 1.62. The highest BCUT2D eigenvalue weighted by atomic mass is 16.2. The quantitative estimate of drug-likeness (QED) is 0.870. The van der Waals surface area contributed by atoms with Crippen LogP contribution in [0.1, 0.15) is 32.1 Å². The first-order valence-electron chi connectivity index (χ1n) is 6.82. The number of nitrogens with zero attached hydrogens (tertiary/aromatic N) is 2. The highest BCUT2D eigenvalue weighted by Crippen LogP contribution is 2.17. The van der Waals surface area contributed by atoms with Crippen LogP contribution in [0.25, 0.3) is 5.65 Å². The predicted octanol–water partition coefficient (Wildman–Crippen LogP) is 2.79. The number of fused-ring (bicyclic) bond motifs is 1. The fourth-order valence-corrected chi connectivity index (χ4v) is 2.58. The van der Waals surface area contributed by atoms with E-state index in [-0.39, 0.29) is 6.03 Å². The summed E-state index contributed by atoms with van der Waals surface area (Å²) in [6.07, 6.45) is 9.59. The number of amides is 2. The maximum absolute atomic E-state index is 11.9. The number of carbonyl (C=O) groups excluding carboxylic acids is 1. The zero-order valence-corrected chi connectivity index (χ0v) is 10.8. The van der Waals surface area contributed by atoms with Crippen LogP contribution in [0.4, 0.5) is 10.6 Å². The lowest BCUT2D eigenvalue weighted by molar-refractivity contribution is 0.244. The van der Waals surface area contributed by atoms with Gasteiger partial charge in [0.15, 0.2) is 5.82 Å². The Morgan fingerprint density at radius 1 is 1.26 bits per heavy atom. The van der Waals surface area contributed by atoms with Gasteiger partial charge in [0, 0.05) is 12.2 Å². The molecule has 3 rings (SSSR count). The predicted molar refractivity (Wildman–Crippen MR) is 74.2 cm³/mol. The molecular formula is C14H18N4O. The Labute approximate surface area is 112 Å². The molecule has 0 aliphatic heterocycles. The van der Waals surface area contributed by atoms with Crippen molar-refractivity contribution in [2.45, 2.75) is 38.1 Å². The van der Waals surface area contributed by atoms with Crippen LogP contribution in [0, 0.1) is 0 Å². The van der Waals surface area contributed by atoms with Crippen LogP contribution in [-0.4, -0.2) is 21.5 Å². The fraction of sp³-hybridized carbons (Fsp3) is 0.429. The van der Waals surface area contributed by atoms with Crippen molar-refractivity contribution in [2.75, 3.05) is 5.32 Å². The lowest BCUT2D eigenvalue weighted by Crippen LogP contribution is -2.39. The number of hydrogen-bond donors (Lipinski definition) is 2. The van der Waals surface area contributed by atoms with E-state index in [9.17, 15) is 4.79 Å². The smallest absolute Gasteiger partial charge is 0.320 e. The lowest BCUT2D eigenvalue weighted by atomic mass is 9.96. The van der Waals surface area contributed by atoms with Gasteiger partial charge in [-0.15, -0.1) is 0 Å². The standard InChI is InChI=1S/C14H18N4O/c19-14(15-11-6-2-1-3-7-11)17-12-10-18-9-5-4-8-13(18)16-12/h4-5,8-11H,1-3,6-7H2,(H2,15,17,19). The number of urea groups is 1. The summed E-state index contributed by atoms with van der Waals surface area (Å²) in [6.45, 7) is 0. The summed E-state index contributed by atoms with van der Waals surface area (Å²) >= 11 is 0. The molecule has 19 heavy (non-hydrogen) atoms. The largest absolute Gasteiger partial charge is 0.335 e. The molecule has 1 saturated carbocycles. The number of carbonyl (C=O) groups is 1. The number of pyridine rings is 1. The number of nitrogens with one attached hydrogen (secondary N) is 2. The molecule has 2 amide bonds. The zero-order valence-electron chi connectivity index (χ0n) is 10.8. The summed E-state index contributed by atoms with van der Waals surface area (Å²) in [5.41, 5.74) is 0.829. The summed E-state index contributed by atoms with van der Waals surface area (Å²) < 4.78 is 1.89. The maximum Gasteiger partial charge on any atom is 0.320 e. The molecule has 0 aromatic carbocycles. The normalized spacial score (nSPS) is 16.4. The van der Waals surface area contributed by atoms with Crippen molar-refractivity contribution in [2.24, 2.45) is 0 Å². The monoisotopic (exact) mass is 258 g/mol. The average Bonchev–Trinajstić information content (AvgIpc) is 2.81. The van der Waals surface area contributed by atoms with Crippen molar-refractivity contribution in [3.05, 3.63) is 30.6 Å². The number of aromatic nitrogens is 2. The van der Waals surface area contributed by atoms with Crippen LogP contribution >= 0.6 is 0 Å². The van der Waals surface area contributed by atoms with Crippen molar-refractivity contribution in [3.8, 4) is 0 Å². The summed E-state index contributed by atoms with van der Waals surface area (Å²) in [5, 5.41) is 5.81. The van der Waals surface area contributed by atoms with Gasteiger partial charge in [-0.2, -0.15) is 0 Å². The van der Waals surface area contributed by atoms with Crippen LogP contribution < -0.4 is 10.6 Å². The molecule has 2 aromatic rings. The van der Waals surface area contributed by atoms with Gasteiger partial charge in [0.25, 0.3) is 0 Å². The van der Waals surface area contributed by atoms with Crippen molar-refractivity contribution in [3.63, 3.8) is 0 Å². The first-order valence-corrected chi connectivity index (χ1v) is 6.82. The molecule has 0 bridgehead atoms. The van der Waals surface area contributed by atoms with E-state index in [1.54, 1.807) is 0 Å². The molecule has 2 aromatic heterocycles. The minimum Gasteiger partial charge on any atom is -0.335 e. The van der Waals surface area contributed by atoms with E-state index in [0.717, 1.165) is 18.5 Å². The third kappa shape index (κ3) is 2.86. The second-order valence-electron chi connectivity index (χ2n) is 5.03. The molecular weight excluding hydrogens is 240 g/mol. The molecule has 5 nitrogen and oxygen atoms in total. The van der Waals surface area contributed by atoms with Crippen molar-refractivity contribution in [1.82, 2.24) is 14.7 Å². The van der Waals surface area contributed by atoms with Gasteiger partial charge in [0.05, 0.1) is 6.20 Å². The number of hydrogen-bond acceptors (Lipinski definition) is 2. The number of anilines is 1. The molecule has 0 atom stereocenters. The van der Waals surface area contributed by atoms with E-state index < -0.39 is 0 Å². The Kier molecular flexibility index (Phi) is 3.35. The SMILES string of the molecule is O=C(Nc1cn2ccccc2n1)NC1CCCCC1. The zero-order chi connectivity index (χ0) is 13.1. The molecule has 2 heterocycles. The molecule has 2 N–H and O–H groups in total. The van der Waals surface area contributed by atoms with Crippen LogP contribution in [0.5, 0.6) is 0 Å². The minimum atomic E-state index is -0.157. The van der Waals surface area contributed by atoms with Gasteiger partial charge >= 0.3 is 6.03 Å². The first kappa shape index (κ1) is 12.0. The van der Waals surface area contributed by atoms with Gasteiger partial charge in [-0.3, -0.25) is 5.32 Å². The Morgan fingerprint density at radius 3 is 2.89 bits per heavy atom. The summed E-state index contributed by atoms with van der Waals surface area (Å²) in [7, 11) is 0. The highest BCUT2D eigenvalue weighted by molar-refractivity contribution is 5.88. The lowest BCUT2D eigenvalue weighted by Gasteiger charge is -2.22. The molecule has 100 valence electrons. The molecule has 0 unspecified atom stereocenters. The maximum atomic E-state index is 11.9. The third-order valence-electron chi connectivity index (χ3n) is 3.55. The summed E-state index contributed by atoms with van der Waals surface area (Å²) in [4.78, 5) is 16.2. The van der Waals surface area contributed by atoms with Gasteiger partial charge in [0.2, 0.25) is 0 Å². The van der Waals surface area contributed by atoms with E-state index in [2.05, 4.69) is 15.6 Å². The Morgan fingerprint density at radius 2 is 2.11 bits per heavy atom. The van der Waals surface area contributed by atoms with Crippen LogP contribution in [0.15, 0.2) is 30.6 Å². The number of imidazole rings is 1. The minimum absolute atomic E-state index is 0.157. The number of rotatable bonds is 2. The van der Waals surface area contributed by atoms with Crippen LogP contribution in [0.3, 0.4) is 0 Å².